The number of nitrogens with zero attached hydrogens (tertiary/aromatic N) is 1. The van der Waals surface area contributed by atoms with Crippen molar-refractivity contribution in [2.24, 2.45) is 0 Å². The molecule has 0 fully saturated rings. The zero-order chi connectivity index (χ0) is 11.1. The monoisotopic (exact) mass is 211 g/mol. The molecule has 0 spiro atoms. The minimum atomic E-state index is -1.05. The Labute approximate surface area is 87.0 Å². The fraction of sp³-hybridized carbons (Fsp3) is 0.600. The quantitative estimate of drug-likeness (QED) is 0.793. The number of rotatable bonds is 2. The van der Waals surface area contributed by atoms with Crippen molar-refractivity contribution in [3.8, 4) is 0 Å². The lowest BCUT2D eigenvalue weighted by Crippen LogP contribution is -2.29. The summed E-state index contributed by atoms with van der Waals surface area (Å²) in [6.45, 7) is 4.22. The highest BCUT2D eigenvalue weighted by Gasteiger charge is 2.38. The maximum atomic E-state index is 11.1. The van der Waals surface area contributed by atoms with Crippen LogP contribution in [0.25, 0.3) is 0 Å². The van der Waals surface area contributed by atoms with Crippen molar-refractivity contribution in [1.82, 2.24) is 5.16 Å². The van der Waals surface area contributed by atoms with Crippen LogP contribution in [-0.4, -0.2) is 22.8 Å². The van der Waals surface area contributed by atoms with E-state index in [9.17, 15) is 4.79 Å². The minimum absolute atomic E-state index is 0.394. The first-order chi connectivity index (χ1) is 7.03. The molecular weight excluding hydrogens is 198 g/mol. The standard InChI is InChI=1S/C10H13NO4/c1-10(2,9(12)13)8-6-5-14-4-3-7(6)11-15-8/h3-5H2,1-2H3,(H,12,13). The lowest BCUT2D eigenvalue weighted by molar-refractivity contribution is -0.143. The van der Waals surface area contributed by atoms with E-state index in [1.807, 2.05) is 0 Å². The van der Waals surface area contributed by atoms with Gasteiger partial charge in [-0.05, 0) is 13.8 Å². The number of fused-ring (bicyclic) bond motifs is 1. The number of hydrogen-bond acceptors (Lipinski definition) is 4. The molecule has 82 valence electrons. The van der Waals surface area contributed by atoms with E-state index in [1.54, 1.807) is 13.8 Å². The first kappa shape index (κ1) is 10.2. The van der Waals surface area contributed by atoms with Crippen molar-refractivity contribution >= 4 is 5.97 Å². The van der Waals surface area contributed by atoms with Crippen LogP contribution in [0.1, 0.15) is 30.9 Å². The van der Waals surface area contributed by atoms with Gasteiger partial charge >= 0.3 is 5.97 Å². The summed E-state index contributed by atoms with van der Waals surface area (Å²) in [6.07, 6.45) is 0.689. The highest BCUT2D eigenvalue weighted by Crippen LogP contribution is 2.31. The number of ether oxygens (including phenoxy) is 1. The second-order valence-electron chi connectivity index (χ2n) is 4.17. The summed E-state index contributed by atoms with van der Waals surface area (Å²) in [5.41, 5.74) is 0.570. The molecule has 0 aliphatic carbocycles. The zero-order valence-corrected chi connectivity index (χ0v) is 8.74. The van der Waals surface area contributed by atoms with E-state index in [1.165, 1.54) is 0 Å². The van der Waals surface area contributed by atoms with E-state index in [-0.39, 0.29) is 0 Å². The van der Waals surface area contributed by atoms with Gasteiger partial charge in [0.2, 0.25) is 0 Å². The molecule has 2 rings (SSSR count). The predicted molar refractivity (Wildman–Crippen MR) is 50.5 cm³/mol. The van der Waals surface area contributed by atoms with E-state index in [2.05, 4.69) is 5.16 Å². The molecular formula is C10H13NO4. The molecule has 0 amide bonds. The van der Waals surface area contributed by atoms with Gasteiger partial charge in [-0.1, -0.05) is 5.16 Å². The second kappa shape index (κ2) is 3.34. The Bertz CT molecular complexity index is 394. The molecule has 0 bridgehead atoms. The van der Waals surface area contributed by atoms with Gasteiger partial charge < -0.3 is 14.4 Å². The summed E-state index contributed by atoms with van der Waals surface area (Å²) in [4.78, 5) is 11.1. The van der Waals surface area contributed by atoms with Crippen LogP contribution < -0.4 is 0 Å². The Morgan fingerprint density at radius 2 is 2.27 bits per heavy atom. The largest absolute Gasteiger partial charge is 0.481 e. The molecule has 1 aromatic rings. The van der Waals surface area contributed by atoms with Gasteiger partial charge in [0, 0.05) is 12.0 Å². The molecule has 2 heterocycles. The molecule has 1 aliphatic heterocycles. The summed E-state index contributed by atoms with van der Waals surface area (Å²) >= 11 is 0. The lowest BCUT2D eigenvalue weighted by Gasteiger charge is -2.18. The van der Waals surface area contributed by atoms with Crippen LogP contribution in [-0.2, 0) is 28.0 Å². The average molecular weight is 211 g/mol. The van der Waals surface area contributed by atoms with Crippen LogP contribution >= 0.6 is 0 Å². The molecule has 0 saturated carbocycles. The molecule has 0 radical (unpaired) electrons. The predicted octanol–water partition coefficient (Wildman–Crippen LogP) is 1.11. The van der Waals surface area contributed by atoms with Crippen molar-refractivity contribution in [1.29, 1.82) is 0 Å². The molecule has 5 heteroatoms. The Kier molecular flexibility index (Phi) is 2.26. The maximum absolute atomic E-state index is 11.1. The first-order valence-corrected chi connectivity index (χ1v) is 4.82. The third-order valence-corrected chi connectivity index (χ3v) is 2.70. The number of carboxylic acid groups (broad SMARTS) is 1. The Morgan fingerprint density at radius 3 is 2.93 bits per heavy atom. The van der Waals surface area contributed by atoms with Gasteiger partial charge in [-0.3, -0.25) is 4.79 Å². The highest BCUT2D eigenvalue weighted by atomic mass is 16.5. The van der Waals surface area contributed by atoms with Gasteiger partial charge in [-0.15, -0.1) is 0 Å². The van der Waals surface area contributed by atoms with E-state index in [4.69, 9.17) is 14.4 Å². The fourth-order valence-electron chi connectivity index (χ4n) is 1.62. The van der Waals surface area contributed by atoms with E-state index >= 15 is 0 Å². The number of hydrogen-bond donors (Lipinski definition) is 1. The molecule has 0 unspecified atom stereocenters. The van der Waals surface area contributed by atoms with Crippen LogP contribution in [0.4, 0.5) is 0 Å². The minimum Gasteiger partial charge on any atom is -0.481 e. The Balaban J connectivity index is 2.45. The van der Waals surface area contributed by atoms with Crippen LogP contribution in [0.2, 0.25) is 0 Å². The topological polar surface area (TPSA) is 72.6 Å². The SMILES string of the molecule is CC(C)(C(=O)O)c1onc2c1COCC2. The molecule has 1 aromatic heterocycles. The third kappa shape index (κ3) is 1.52. The van der Waals surface area contributed by atoms with Crippen molar-refractivity contribution < 1.29 is 19.2 Å². The molecule has 5 nitrogen and oxygen atoms in total. The molecule has 1 aliphatic rings. The molecule has 0 saturated heterocycles. The summed E-state index contributed by atoms with van der Waals surface area (Å²) in [7, 11) is 0. The average Bonchev–Trinajstić information content (AvgIpc) is 2.61. The normalized spacial score (nSPS) is 16.1. The van der Waals surface area contributed by atoms with Gasteiger partial charge in [0.25, 0.3) is 0 Å². The van der Waals surface area contributed by atoms with Gasteiger partial charge in [0.05, 0.1) is 18.9 Å². The van der Waals surface area contributed by atoms with Crippen LogP contribution in [0.5, 0.6) is 0 Å². The number of carboxylic acids is 1. The van der Waals surface area contributed by atoms with Gasteiger partial charge in [-0.25, -0.2) is 0 Å². The fourth-order valence-corrected chi connectivity index (χ4v) is 1.62. The highest BCUT2D eigenvalue weighted by molar-refractivity contribution is 5.79. The molecule has 1 N–H and O–H groups in total. The van der Waals surface area contributed by atoms with E-state index < -0.39 is 11.4 Å². The van der Waals surface area contributed by atoms with Gasteiger partial charge in [0.1, 0.15) is 5.41 Å². The van der Waals surface area contributed by atoms with Crippen molar-refractivity contribution in [3.63, 3.8) is 0 Å². The molecule has 15 heavy (non-hydrogen) atoms. The number of aromatic nitrogens is 1. The number of carbonyl (C=O) groups is 1. The summed E-state index contributed by atoms with van der Waals surface area (Å²) in [5, 5.41) is 13.0. The third-order valence-electron chi connectivity index (χ3n) is 2.70. The van der Waals surface area contributed by atoms with Crippen LogP contribution in [0.15, 0.2) is 4.52 Å². The smallest absolute Gasteiger partial charge is 0.316 e. The van der Waals surface area contributed by atoms with E-state index in [0.717, 1.165) is 11.3 Å². The summed E-state index contributed by atoms with van der Waals surface area (Å²) < 4.78 is 10.4. The lowest BCUT2D eigenvalue weighted by atomic mass is 9.87. The zero-order valence-electron chi connectivity index (χ0n) is 8.74. The van der Waals surface area contributed by atoms with E-state index in [0.29, 0.717) is 25.4 Å². The Morgan fingerprint density at radius 1 is 1.53 bits per heavy atom. The van der Waals surface area contributed by atoms with Crippen LogP contribution in [0.3, 0.4) is 0 Å². The Hall–Kier alpha value is -1.36. The summed E-state index contributed by atoms with van der Waals surface area (Å²) in [6, 6.07) is 0. The maximum Gasteiger partial charge on any atom is 0.316 e. The van der Waals surface area contributed by atoms with Gasteiger partial charge in [-0.2, -0.15) is 0 Å². The summed E-state index contributed by atoms with van der Waals surface area (Å²) in [5.74, 6) is -0.517. The molecule has 0 aromatic carbocycles. The van der Waals surface area contributed by atoms with Crippen molar-refractivity contribution in [2.45, 2.75) is 32.3 Å². The number of aliphatic carboxylic acids is 1. The first-order valence-electron chi connectivity index (χ1n) is 4.82. The second-order valence-corrected chi connectivity index (χ2v) is 4.17. The molecule has 0 atom stereocenters. The van der Waals surface area contributed by atoms with Crippen LogP contribution in [0, 0.1) is 0 Å². The van der Waals surface area contributed by atoms with Gasteiger partial charge in [0.15, 0.2) is 5.76 Å². The van der Waals surface area contributed by atoms with Crippen molar-refractivity contribution in [3.05, 3.63) is 17.0 Å². The van der Waals surface area contributed by atoms with Crippen molar-refractivity contribution in [2.75, 3.05) is 6.61 Å².